The van der Waals surface area contributed by atoms with Crippen molar-refractivity contribution in [1.82, 2.24) is 5.32 Å². The molecule has 4 rings (SSSR count). The Morgan fingerprint density at radius 3 is 2.39 bits per heavy atom. The fourth-order valence-electron chi connectivity index (χ4n) is 3.37. The van der Waals surface area contributed by atoms with E-state index in [-0.39, 0.29) is 5.57 Å². The molecule has 2 heterocycles. The quantitative estimate of drug-likeness (QED) is 0.537. The number of carbonyl (C=O) groups is 4. The smallest absolute Gasteiger partial charge is 0.276 e. The summed E-state index contributed by atoms with van der Waals surface area (Å²) < 4.78 is 0.820. The van der Waals surface area contributed by atoms with E-state index < -0.39 is 29.7 Å². The van der Waals surface area contributed by atoms with Gasteiger partial charge in [0.15, 0.2) is 0 Å². The van der Waals surface area contributed by atoms with Crippen molar-refractivity contribution in [3.05, 3.63) is 70.2 Å². The summed E-state index contributed by atoms with van der Waals surface area (Å²) in [5, 5.41) is 7.66. The molecule has 1 saturated heterocycles. The summed E-state index contributed by atoms with van der Waals surface area (Å²) in [6.45, 7) is 3.44. The number of amides is 5. The number of hydrogen-bond donors (Lipinski definition) is 1. The Balaban J connectivity index is 1.68. The van der Waals surface area contributed by atoms with Crippen LogP contribution in [0, 0.1) is 12.8 Å². The van der Waals surface area contributed by atoms with Gasteiger partial charge in [0, 0.05) is 4.47 Å². The highest BCUT2D eigenvalue weighted by Gasteiger charge is 2.42. The number of benzene rings is 2. The van der Waals surface area contributed by atoms with Gasteiger partial charge in [0.05, 0.1) is 22.7 Å². The zero-order valence-electron chi connectivity index (χ0n) is 16.6. The summed E-state index contributed by atoms with van der Waals surface area (Å²) in [7, 11) is 0. The van der Waals surface area contributed by atoms with Crippen LogP contribution in [0.4, 0.5) is 16.2 Å². The summed E-state index contributed by atoms with van der Waals surface area (Å²) in [4.78, 5) is 51.8. The topological polar surface area (TPSA) is 99.2 Å². The van der Waals surface area contributed by atoms with Crippen LogP contribution in [0.5, 0.6) is 0 Å². The number of para-hydroxylation sites is 1. The van der Waals surface area contributed by atoms with Crippen molar-refractivity contribution in [3.63, 3.8) is 0 Å². The minimum absolute atomic E-state index is 0.138. The average molecular weight is 481 g/mol. The second-order valence-electron chi connectivity index (χ2n) is 7.10. The third-order valence-corrected chi connectivity index (χ3v) is 5.89. The summed E-state index contributed by atoms with van der Waals surface area (Å²) in [6, 6.07) is 13.0. The number of hydrogen-bond acceptors (Lipinski definition) is 5. The van der Waals surface area contributed by atoms with Crippen molar-refractivity contribution in [2.24, 2.45) is 11.0 Å². The maximum absolute atomic E-state index is 13.1. The molecule has 1 unspecified atom stereocenters. The van der Waals surface area contributed by atoms with Gasteiger partial charge in [-0.05, 0) is 55.8 Å². The SMILES string of the molecule is CC1=NN(c2ccccc2)C(=O)/C1=C\C1C(=O)NC(=O)N(c2ccc(Br)c(C)c2)C1=O. The molecule has 0 radical (unpaired) electrons. The Kier molecular flexibility index (Phi) is 5.28. The highest BCUT2D eigenvalue weighted by Crippen LogP contribution is 2.28. The predicted octanol–water partition coefficient (Wildman–Crippen LogP) is 3.31. The van der Waals surface area contributed by atoms with Crippen LogP contribution in [-0.4, -0.2) is 29.5 Å². The molecule has 0 spiro atoms. The molecular formula is C22H17BrN4O4. The summed E-state index contributed by atoms with van der Waals surface area (Å²) in [6.07, 6.45) is 1.27. The number of nitrogens with one attached hydrogen (secondary N) is 1. The van der Waals surface area contributed by atoms with Crippen LogP contribution < -0.4 is 15.2 Å². The van der Waals surface area contributed by atoms with Gasteiger partial charge >= 0.3 is 6.03 Å². The molecule has 0 bridgehead atoms. The molecule has 0 saturated carbocycles. The lowest BCUT2D eigenvalue weighted by Crippen LogP contribution is -2.58. The number of halogens is 1. The minimum atomic E-state index is -1.35. The maximum Gasteiger partial charge on any atom is 0.335 e. The lowest BCUT2D eigenvalue weighted by molar-refractivity contribution is -0.132. The van der Waals surface area contributed by atoms with Gasteiger partial charge in [-0.15, -0.1) is 0 Å². The Morgan fingerprint density at radius 1 is 1.00 bits per heavy atom. The molecule has 5 amide bonds. The Hall–Kier alpha value is -3.59. The third-order valence-electron chi connectivity index (χ3n) is 5.00. The van der Waals surface area contributed by atoms with E-state index in [9.17, 15) is 19.2 Å². The number of barbiturate groups is 1. The number of nitrogens with zero attached hydrogens (tertiary/aromatic N) is 3. The standard InChI is InChI=1S/C22H17BrN4O4/c1-12-10-15(8-9-18(12)23)26-20(29)17(19(28)24-22(26)31)11-16-13(2)25-27(21(16)30)14-6-4-3-5-7-14/h3-11,17H,1-2H3,(H,24,28,31)/b16-11-. The first kappa shape index (κ1) is 20.7. The van der Waals surface area contributed by atoms with Crippen LogP contribution in [0.2, 0.25) is 0 Å². The maximum atomic E-state index is 13.1. The van der Waals surface area contributed by atoms with Crippen LogP contribution >= 0.6 is 15.9 Å². The molecule has 1 atom stereocenters. The summed E-state index contributed by atoms with van der Waals surface area (Å²) >= 11 is 3.38. The summed E-state index contributed by atoms with van der Waals surface area (Å²) in [5.74, 6) is -3.32. The third kappa shape index (κ3) is 3.68. The summed E-state index contributed by atoms with van der Waals surface area (Å²) in [5.41, 5.74) is 2.22. The molecule has 2 aliphatic rings. The van der Waals surface area contributed by atoms with Gasteiger partial charge < -0.3 is 0 Å². The van der Waals surface area contributed by atoms with E-state index in [1.165, 1.54) is 11.1 Å². The van der Waals surface area contributed by atoms with E-state index in [2.05, 4.69) is 26.3 Å². The largest absolute Gasteiger partial charge is 0.335 e. The molecule has 1 fully saturated rings. The van der Waals surface area contributed by atoms with E-state index in [1.54, 1.807) is 49.4 Å². The van der Waals surface area contributed by atoms with E-state index in [0.717, 1.165) is 14.9 Å². The van der Waals surface area contributed by atoms with Crippen molar-refractivity contribution in [2.75, 3.05) is 9.91 Å². The fourth-order valence-corrected chi connectivity index (χ4v) is 3.62. The molecule has 9 heteroatoms. The van der Waals surface area contributed by atoms with Crippen molar-refractivity contribution < 1.29 is 19.2 Å². The van der Waals surface area contributed by atoms with Crippen LogP contribution in [0.1, 0.15) is 12.5 Å². The number of aryl methyl sites for hydroxylation is 1. The van der Waals surface area contributed by atoms with Gasteiger partial charge in [-0.2, -0.15) is 10.1 Å². The van der Waals surface area contributed by atoms with E-state index in [4.69, 9.17) is 0 Å². The first-order valence-electron chi connectivity index (χ1n) is 9.40. The number of carbonyl (C=O) groups excluding carboxylic acids is 4. The van der Waals surface area contributed by atoms with Gasteiger partial charge in [-0.1, -0.05) is 34.1 Å². The molecule has 2 aromatic rings. The molecular weight excluding hydrogens is 464 g/mol. The number of hydrazone groups is 1. The van der Waals surface area contributed by atoms with Crippen LogP contribution in [-0.2, 0) is 14.4 Å². The van der Waals surface area contributed by atoms with Gasteiger partial charge in [0.25, 0.3) is 11.8 Å². The van der Waals surface area contributed by atoms with E-state index in [0.29, 0.717) is 17.1 Å². The van der Waals surface area contributed by atoms with Crippen molar-refractivity contribution in [2.45, 2.75) is 13.8 Å². The lowest BCUT2D eigenvalue weighted by Gasteiger charge is -2.29. The Labute approximate surface area is 186 Å². The monoisotopic (exact) mass is 480 g/mol. The van der Waals surface area contributed by atoms with Crippen LogP contribution in [0.15, 0.2) is 69.8 Å². The highest BCUT2D eigenvalue weighted by molar-refractivity contribution is 9.10. The lowest BCUT2D eigenvalue weighted by atomic mass is 9.98. The van der Waals surface area contributed by atoms with Crippen molar-refractivity contribution in [1.29, 1.82) is 0 Å². The highest BCUT2D eigenvalue weighted by atomic mass is 79.9. The fraction of sp³-hybridized carbons (Fsp3) is 0.136. The molecule has 0 aromatic heterocycles. The number of imide groups is 2. The second-order valence-corrected chi connectivity index (χ2v) is 7.95. The molecule has 2 aromatic carbocycles. The van der Waals surface area contributed by atoms with Gasteiger partial charge in [-0.3, -0.25) is 19.7 Å². The minimum Gasteiger partial charge on any atom is -0.276 e. The van der Waals surface area contributed by atoms with Crippen LogP contribution in [0.25, 0.3) is 0 Å². The second kappa shape index (κ2) is 7.92. The predicted molar refractivity (Wildman–Crippen MR) is 119 cm³/mol. The average Bonchev–Trinajstić information content (AvgIpc) is 3.02. The molecule has 1 N–H and O–H groups in total. The number of anilines is 2. The zero-order valence-corrected chi connectivity index (χ0v) is 18.2. The molecule has 0 aliphatic carbocycles. The Morgan fingerprint density at radius 2 is 1.71 bits per heavy atom. The van der Waals surface area contributed by atoms with Gasteiger partial charge in [0.1, 0.15) is 5.92 Å². The Bertz CT molecular complexity index is 1190. The van der Waals surface area contributed by atoms with E-state index >= 15 is 0 Å². The number of rotatable bonds is 3. The molecule has 2 aliphatic heterocycles. The first-order chi connectivity index (χ1) is 14.8. The first-order valence-corrected chi connectivity index (χ1v) is 10.2. The van der Waals surface area contributed by atoms with Crippen LogP contribution in [0.3, 0.4) is 0 Å². The van der Waals surface area contributed by atoms with Gasteiger partial charge in [0.2, 0.25) is 5.91 Å². The van der Waals surface area contributed by atoms with E-state index in [1.807, 2.05) is 13.0 Å². The molecule has 8 nitrogen and oxygen atoms in total. The normalized spacial score (nSPS) is 20.4. The number of urea groups is 1. The van der Waals surface area contributed by atoms with Crippen molar-refractivity contribution >= 4 is 56.8 Å². The molecule has 31 heavy (non-hydrogen) atoms. The van der Waals surface area contributed by atoms with Gasteiger partial charge in [-0.25, -0.2) is 9.69 Å². The van der Waals surface area contributed by atoms with Crippen molar-refractivity contribution in [3.8, 4) is 0 Å². The zero-order chi connectivity index (χ0) is 22.3. The molecule has 156 valence electrons.